The van der Waals surface area contributed by atoms with Crippen molar-refractivity contribution in [1.82, 2.24) is 0 Å². The van der Waals surface area contributed by atoms with Crippen LogP contribution in [0, 0.1) is 0 Å². The van der Waals surface area contributed by atoms with E-state index in [1.165, 1.54) is 16.8 Å². The molecule has 0 spiro atoms. The first-order valence-corrected chi connectivity index (χ1v) is 6.00. The van der Waals surface area contributed by atoms with Gasteiger partial charge in [0.2, 0.25) is 0 Å². The van der Waals surface area contributed by atoms with Gasteiger partial charge in [0.05, 0.1) is 17.5 Å². The average molecular weight is 225 g/mol. The van der Waals surface area contributed by atoms with E-state index in [9.17, 15) is 0 Å². The molecule has 0 aromatic heterocycles. The fourth-order valence-corrected chi connectivity index (χ4v) is 2.22. The summed E-state index contributed by atoms with van der Waals surface area (Å²) in [6.45, 7) is 4.08. The highest BCUT2D eigenvalue weighted by Crippen LogP contribution is 2.39. The van der Waals surface area contributed by atoms with E-state index in [4.69, 9.17) is 4.74 Å². The van der Waals surface area contributed by atoms with E-state index in [1.54, 1.807) is 0 Å². The van der Waals surface area contributed by atoms with Crippen LogP contribution in [0.2, 0.25) is 0 Å². The lowest BCUT2D eigenvalue weighted by Gasteiger charge is -2.11. The third kappa shape index (κ3) is 1.80. The summed E-state index contributed by atoms with van der Waals surface area (Å²) in [5, 5.41) is 0. The molecule has 1 heterocycles. The van der Waals surface area contributed by atoms with Crippen LogP contribution in [0.4, 0.5) is 5.69 Å². The number of benzene rings is 1. The van der Waals surface area contributed by atoms with Gasteiger partial charge in [-0.2, -0.15) is 0 Å². The SMILES string of the molecule is CC(C)Oc1ccc2c(c1)C1=CC=CCC1=N2. The van der Waals surface area contributed by atoms with Crippen molar-refractivity contribution in [2.75, 3.05) is 0 Å². The van der Waals surface area contributed by atoms with Crippen LogP contribution in [-0.4, -0.2) is 11.8 Å². The van der Waals surface area contributed by atoms with E-state index in [2.05, 4.69) is 29.3 Å². The van der Waals surface area contributed by atoms with E-state index in [0.29, 0.717) is 0 Å². The minimum atomic E-state index is 0.204. The number of allylic oxidation sites excluding steroid dienone is 4. The Morgan fingerprint density at radius 3 is 3.00 bits per heavy atom. The lowest BCUT2D eigenvalue weighted by Crippen LogP contribution is -2.05. The summed E-state index contributed by atoms with van der Waals surface area (Å²) in [5.41, 5.74) is 4.68. The molecule has 3 rings (SSSR count). The quantitative estimate of drug-likeness (QED) is 0.748. The molecule has 17 heavy (non-hydrogen) atoms. The Bertz CT molecular complexity index is 550. The Balaban J connectivity index is 2.01. The van der Waals surface area contributed by atoms with Gasteiger partial charge in [-0.15, -0.1) is 0 Å². The van der Waals surface area contributed by atoms with E-state index in [1.807, 2.05) is 26.0 Å². The van der Waals surface area contributed by atoms with Crippen LogP contribution in [0.3, 0.4) is 0 Å². The second-order valence-corrected chi connectivity index (χ2v) is 4.62. The topological polar surface area (TPSA) is 21.6 Å². The van der Waals surface area contributed by atoms with Gasteiger partial charge in [0, 0.05) is 17.6 Å². The predicted molar refractivity (Wildman–Crippen MR) is 71.0 cm³/mol. The second-order valence-electron chi connectivity index (χ2n) is 4.62. The highest BCUT2D eigenvalue weighted by Gasteiger charge is 2.21. The van der Waals surface area contributed by atoms with Crippen molar-refractivity contribution in [3.8, 4) is 5.75 Å². The zero-order chi connectivity index (χ0) is 11.8. The summed E-state index contributed by atoms with van der Waals surface area (Å²) in [7, 11) is 0. The van der Waals surface area contributed by atoms with Gasteiger partial charge in [-0.1, -0.05) is 18.2 Å². The van der Waals surface area contributed by atoms with Crippen LogP contribution in [0.1, 0.15) is 25.8 Å². The maximum absolute atomic E-state index is 5.72. The van der Waals surface area contributed by atoms with Crippen molar-refractivity contribution in [1.29, 1.82) is 0 Å². The standard InChI is InChI=1S/C15H15NO/c1-10(2)17-11-7-8-15-13(9-11)12-5-3-4-6-14(12)16-15/h3-5,7-10H,6H2,1-2H3. The van der Waals surface area contributed by atoms with Gasteiger partial charge < -0.3 is 4.74 Å². The fraction of sp³-hybridized carbons (Fsp3) is 0.267. The number of hydrogen-bond acceptors (Lipinski definition) is 2. The molecule has 0 saturated carbocycles. The Morgan fingerprint density at radius 2 is 2.18 bits per heavy atom. The molecule has 0 radical (unpaired) electrons. The number of rotatable bonds is 2. The number of hydrogen-bond donors (Lipinski definition) is 0. The van der Waals surface area contributed by atoms with E-state index >= 15 is 0 Å². The molecular formula is C15H15NO. The van der Waals surface area contributed by atoms with Crippen LogP contribution in [-0.2, 0) is 0 Å². The van der Waals surface area contributed by atoms with Gasteiger partial charge in [-0.3, -0.25) is 4.99 Å². The van der Waals surface area contributed by atoms with Gasteiger partial charge in [0.25, 0.3) is 0 Å². The first kappa shape index (κ1) is 10.3. The molecule has 1 aromatic rings. The first-order valence-electron chi connectivity index (χ1n) is 6.00. The lowest BCUT2D eigenvalue weighted by molar-refractivity contribution is 0.242. The van der Waals surface area contributed by atoms with Crippen molar-refractivity contribution < 1.29 is 4.74 Å². The van der Waals surface area contributed by atoms with Crippen LogP contribution in [0.25, 0.3) is 5.57 Å². The molecule has 86 valence electrons. The third-order valence-electron chi connectivity index (χ3n) is 2.91. The van der Waals surface area contributed by atoms with Crippen LogP contribution in [0.15, 0.2) is 41.4 Å². The maximum Gasteiger partial charge on any atom is 0.120 e. The molecular weight excluding hydrogens is 210 g/mol. The zero-order valence-corrected chi connectivity index (χ0v) is 10.1. The van der Waals surface area contributed by atoms with Crippen molar-refractivity contribution >= 4 is 17.0 Å². The molecule has 0 unspecified atom stereocenters. The van der Waals surface area contributed by atoms with Gasteiger partial charge in [0.1, 0.15) is 5.75 Å². The molecule has 1 aromatic carbocycles. The van der Waals surface area contributed by atoms with Crippen molar-refractivity contribution in [2.24, 2.45) is 4.99 Å². The van der Waals surface area contributed by atoms with E-state index in [0.717, 1.165) is 17.9 Å². The number of ether oxygens (including phenoxy) is 1. The highest BCUT2D eigenvalue weighted by molar-refractivity contribution is 6.30. The second kappa shape index (κ2) is 3.88. The molecule has 0 amide bonds. The molecule has 0 atom stereocenters. The van der Waals surface area contributed by atoms with E-state index < -0.39 is 0 Å². The number of aliphatic imine (C=N–C) groups is 1. The van der Waals surface area contributed by atoms with E-state index in [-0.39, 0.29) is 6.10 Å². The summed E-state index contributed by atoms with van der Waals surface area (Å²) in [6, 6.07) is 6.13. The maximum atomic E-state index is 5.72. The third-order valence-corrected chi connectivity index (χ3v) is 2.91. The smallest absolute Gasteiger partial charge is 0.120 e. The molecule has 2 aliphatic rings. The number of nitrogens with zero attached hydrogens (tertiary/aromatic N) is 1. The Labute approximate surface area is 101 Å². The van der Waals surface area contributed by atoms with Crippen LogP contribution >= 0.6 is 0 Å². The summed E-state index contributed by atoms with van der Waals surface area (Å²) < 4.78 is 5.72. The van der Waals surface area contributed by atoms with Crippen molar-refractivity contribution in [3.63, 3.8) is 0 Å². The molecule has 2 nitrogen and oxygen atoms in total. The predicted octanol–water partition coefficient (Wildman–Crippen LogP) is 3.90. The summed E-state index contributed by atoms with van der Waals surface area (Å²) in [4.78, 5) is 4.64. The minimum absolute atomic E-state index is 0.204. The molecule has 0 bridgehead atoms. The molecule has 0 N–H and O–H groups in total. The van der Waals surface area contributed by atoms with Gasteiger partial charge >= 0.3 is 0 Å². The van der Waals surface area contributed by atoms with Crippen molar-refractivity contribution in [2.45, 2.75) is 26.4 Å². The zero-order valence-electron chi connectivity index (χ0n) is 10.1. The minimum Gasteiger partial charge on any atom is -0.491 e. The summed E-state index contributed by atoms with van der Waals surface area (Å²) in [5.74, 6) is 0.922. The molecule has 0 saturated heterocycles. The van der Waals surface area contributed by atoms with Gasteiger partial charge in [0.15, 0.2) is 0 Å². The van der Waals surface area contributed by atoms with Crippen molar-refractivity contribution in [3.05, 3.63) is 42.0 Å². The number of fused-ring (bicyclic) bond motifs is 3. The average Bonchev–Trinajstić information content (AvgIpc) is 2.66. The molecule has 1 aliphatic heterocycles. The van der Waals surface area contributed by atoms with Crippen LogP contribution < -0.4 is 4.74 Å². The molecule has 0 fully saturated rings. The Morgan fingerprint density at radius 1 is 1.29 bits per heavy atom. The molecule has 2 heteroatoms. The lowest BCUT2D eigenvalue weighted by atomic mass is 9.97. The van der Waals surface area contributed by atoms with Crippen LogP contribution in [0.5, 0.6) is 5.75 Å². The first-order chi connectivity index (χ1) is 8.24. The molecule has 1 aliphatic carbocycles. The Kier molecular flexibility index (Phi) is 2.36. The Hall–Kier alpha value is -1.83. The summed E-state index contributed by atoms with van der Waals surface area (Å²) in [6.07, 6.45) is 7.50. The van der Waals surface area contributed by atoms with Gasteiger partial charge in [-0.25, -0.2) is 0 Å². The normalized spacial score (nSPS) is 16.4. The highest BCUT2D eigenvalue weighted by atomic mass is 16.5. The van der Waals surface area contributed by atoms with Gasteiger partial charge in [-0.05, 0) is 32.0 Å². The fourth-order valence-electron chi connectivity index (χ4n) is 2.22. The largest absolute Gasteiger partial charge is 0.491 e. The summed E-state index contributed by atoms with van der Waals surface area (Å²) >= 11 is 0. The monoisotopic (exact) mass is 225 g/mol.